The zero-order valence-electron chi connectivity index (χ0n) is 7.29. The SMILES string of the molecule is Cc1nnc(N2CCCCC2)o1. The third-order valence-corrected chi connectivity index (χ3v) is 2.14. The van der Waals surface area contributed by atoms with Crippen LogP contribution >= 0.6 is 0 Å². The second kappa shape index (κ2) is 3.13. The first-order valence-electron chi connectivity index (χ1n) is 4.41. The smallest absolute Gasteiger partial charge is 0.318 e. The maximum atomic E-state index is 5.33. The minimum atomic E-state index is 0.649. The first kappa shape index (κ1) is 7.58. The van der Waals surface area contributed by atoms with Gasteiger partial charge >= 0.3 is 6.01 Å². The van der Waals surface area contributed by atoms with Crippen LogP contribution in [0, 0.1) is 6.92 Å². The van der Waals surface area contributed by atoms with E-state index in [0.29, 0.717) is 11.9 Å². The fraction of sp³-hybridized carbons (Fsp3) is 0.750. The van der Waals surface area contributed by atoms with Gasteiger partial charge in [0, 0.05) is 20.0 Å². The molecule has 1 fully saturated rings. The number of hydrogen-bond donors (Lipinski definition) is 0. The molecule has 0 spiro atoms. The van der Waals surface area contributed by atoms with E-state index in [4.69, 9.17) is 4.42 Å². The van der Waals surface area contributed by atoms with E-state index in [0.717, 1.165) is 13.1 Å². The van der Waals surface area contributed by atoms with Crippen molar-refractivity contribution in [1.29, 1.82) is 0 Å². The second-order valence-electron chi connectivity index (χ2n) is 3.15. The zero-order chi connectivity index (χ0) is 8.39. The highest BCUT2D eigenvalue weighted by Gasteiger charge is 2.15. The minimum Gasteiger partial charge on any atom is -0.408 e. The monoisotopic (exact) mass is 167 g/mol. The number of anilines is 1. The molecule has 4 heteroatoms. The van der Waals surface area contributed by atoms with Crippen molar-refractivity contribution >= 4 is 6.01 Å². The molecule has 0 aromatic carbocycles. The van der Waals surface area contributed by atoms with Gasteiger partial charge in [-0.25, -0.2) is 0 Å². The van der Waals surface area contributed by atoms with Gasteiger partial charge < -0.3 is 9.32 Å². The van der Waals surface area contributed by atoms with Crippen molar-refractivity contribution < 1.29 is 4.42 Å². The summed E-state index contributed by atoms with van der Waals surface area (Å²) in [5.41, 5.74) is 0. The molecule has 1 saturated heterocycles. The van der Waals surface area contributed by atoms with Crippen LogP contribution in [0.2, 0.25) is 0 Å². The lowest BCUT2D eigenvalue weighted by molar-refractivity contribution is 0.474. The molecule has 1 aromatic heterocycles. The third-order valence-electron chi connectivity index (χ3n) is 2.14. The van der Waals surface area contributed by atoms with Crippen LogP contribution in [0.3, 0.4) is 0 Å². The number of aromatic nitrogens is 2. The predicted molar refractivity (Wildman–Crippen MR) is 45.1 cm³/mol. The lowest BCUT2D eigenvalue weighted by Gasteiger charge is -2.23. The van der Waals surface area contributed by atoms with Crippen LogP contribution in [0.4, 0.5) is 6.01 Å². The lowest BCUT2D eigenvalue weighted by Crippen LogP contribution is -2.29. The summed E-state index contributed by atoms with van der Waals surface area (Å²) in [6, 6.07) is 0.687. The summed E-state index contributed by atoms with van der Waals surface area (Å²) in [5.74, 6) is 0.649. The molecule has 0 unspecified atom stereocenters. The third kappa shape index (κ3) is 1.42. The van der Waals surface area contributed by atoms with Gasteiger partial charge in [-0.15, -0.1) is 5.10 Å². The van der Waals surface area contributed by atoms with Gasteiger partial charge in [0.1, 0.15) is 0 Å². The Morgan fingerprint density at radius 1 is 1.17 bits per heavy atom. The van der Waals surface area contributed by atoms with Gasteiger partial charge in [-0.3, -0.25) is 0 Å². The van der Waals surface area contributed by atoms with Crippen LogP contribution in [0.25, 0.3) is 0 Å². The second-order valence-corrected chi connectivity index (χ2v) is 3.15. The molecule has 0 aliphatic carbocycles. The van der Waals surface area contributed by atoms with Crippen molar-refractivity contribution in [3.63, 3.8) is 0 Å². The van der Waals surface area contributed by atoms with Crippen LogP contribution in [0.5, 0.6) is 0 Å². The molecule has 1 aliphatic heterocycles. The standard InChI is InChI=1S/C8H13N3O/c1-7-9-10-8(12-7)11-5-3-2-4-6-11/h2-6H2,1H3. The van der Waals surface area contributed by atoms with E-state index in [1.165, 1.54) is 19.3 Å². The minimum absolute atomic E-state index is 0.649. The molecular weight excluding hydrogens is 154 g/mol. The van der Waals surface area contributed by atoms with E-state index >= 15 is 0 Å². The molecule has 0 bridgehead atoms. The Morgan fingerprint density at radius 2 is 1.92 bits per heavy atom. The molecule has 2 rings (SSSR count). The number of rotatable bonds is 1. The first-order chi connectivity index (χ1) is 5.86. The Bertz CT molecular complexity index is 253. The number of nitrogens with zero attached hydrogens (tertiary/aromatic N) is 3. The quantitative estimate of drug-likeness (QED) is 0.633. The van der Waals surface area contributed by atoms with Gasteiger partial charge in [0.2, 0.25) is 5.89 Å². The zero-order valence-corrected chi connectivity index (χ0v) is 7.29. The summed E-state index contributed by atoms with van der Waals surface area (Å²) < 4.78 is 5.33. The van der Waals surface area contributed by atoms with Gasteiger partial charge in [0.05, 0.1) is 0 Å². The van der Waals surface area contributed by atoms with Gasteiger partial charge in [-0.2, -0.15) is 0 Å². The maximum absolute atomic E-state index is 5.33. The highest BCUT2D eigenvalue weighted by molar-refractivity contribution is 5.24. The van der Waals surface area contributed by atoms with E-state index < -0.39 is 0 Å². The average molecular weight is 167 g/mol. The molecule has 0 atom stereocenters. The molecule has 1 aliphatic rings. The van der Waals surface area contributed by atoms with Crippen LogP contribution in [-0.2, 0) is 0 Å². The molecular formula is C8H13N3O. The molecule has 0 saturated carbocycles. The van der Waals surface area contributed by atoms with E-state index in [9.17, 15) is 0 Å². The molecule has 4 nitrogen and oxygen atoms in total. The maximum Gasteiger partial charge on any atom is 0.318 e. The van der Waals surface area contributed by atoms with Gasteiger partial charge in [-0.1, -0.05) is 5.10 Å². The van der Waals surface area contributed by atoms with E-state index in [2.05, 4.69) is 15.1 Å². The predicted octanol–water partition coefficient (Wildman–Crippen LogP) is 1.37. The van der Waals surface area contributed by atoms with Crippen LogP contribution in [0.15, 0.2) is 4.42 Å². The number of aryl methyl sites for hydroxylation is 1. The molecule has 0 amide bonds. The molecule has 0 radical (unpaired) electrons. The Balaban J connectivity index is 2.08. The summed E-state index contributed by atoms with van der Waals surface area (Å²) in [5, 5.41) is 7.78. The molecule has 0 N–H and O–H groups in total. The lowest BCUT2D eigenvalue weighted by atomic mass is 10.1. The van der Waals surface area contributed by atoms with Crippen LogP contribution < -0.4 is 4.90 Å². The molecule has 66 valence electrons. The fourth-order valence-corrected chi connectivity index (χ4v) is 1.50. The first-order valence-corrected chi connectivity index (χ1v) is 4.41. The average Bonchev–Trinajstić information content (AvgIpc) is 2.54. The summed E-state index contributed by atoms with van der Waals surface area (Å²) in [6.45, 7) is 3.93. The summed E-state index contributed by atoms with van der Waals surface area (Å²) in [6.07, 6.45) is 3.80. The molecule has 12 heavy (non-hydrogen) atoms. The summed E-state index contributed by atoms with van der Waals surface area (Å²) in [4.78, 5) is 2.16. The van der Waals surface area contributed by atoms with Crippen molar-refractivity contribution in [2.45, 2.75) is 26.2 Å². The van der Waals surface area contributed by atoms with Gasteiger partial charge in [0.15, 0.2) is 0 Å². The Hall–Kier alpha value is -1.06. The highest BCUT2D eigenvalue weighted by Crippen LogP contribution is 2.17. The Morgan fingerprint density at radius 3 is 2.50 bits per heavy atom. The Labute approximate surface area is 71.6 Å². The van der Waals surface area contributed by atoms with Crippen molar-refractivity contribution in [3.05, 3.63) is 5.89 Å². The Kier molecular flexibility index (Phi) is 1.98. The normalized spacial score (nSPS) is 18.2. The van der Waals surface area contributed by atoms with Crippen LogP contribution in [0.1, 0.15) is 25.2 Å². The van der Waals surface area contributed by atoms with Crippen molar-refractivity contribution in [2.75, 3.05) is 18.0 Å². The van der Waals surface area contributed by atoms with Crippen molar-refractivity contribution in [1.82, 2.24) is 10.2 Å². The number of hydrogen-bond acceptors (Lipinski definition) is 4. The largest absolute Gasteiger partial charge is 0.408 e. The van der Waals surface area contributed by atoms with Crippen LogP contribution in [-0.4, -0.2) is 23.3 Å². The molecule has 1 aromatic rings. The van der Waals surface area contributed by atoms with Crippen molar-refractivity contribution in [3.8, 4) is 0 Å². The summed E-state index contributed by atoms with van der Waals surface area (Å²) >= 11 is 0. The van der Waals surface area contributed by atoms with E-state index in [-0.39, 0.29) is 0 Å². The van der Waals surface area contributed by atoms with E-state index in [1.54, 1.807) is 0 Å². The highest BCUT2D eigenvalue weighted by atomic mass is 16.4. The molecule has 2 heterocycles. The van der Waals surface area contributed by atoms with Crippen molar-refractivity contribution in [2.24, 2.45) is 0 Å². The van der Waals surface area contributed by atoms with E-state index in [1.807, 2.05) is 6.92 Å². The number of piperidine rings is 1. The van der Waals surface area contributed by atoms with Gasteiger partial charge in [0.25, 0.3) is 0 Å². The topological polar surface area (TPSA) is 42.2 Å². The van der Waals surface area contributed by atoms with Gasteiger partial charge in [-0.05, 0) is 19.3 Å². The fourth-order valence-electron chi connectivity index (χ4n) is 1.50. The summed E-state index contributed by atoms with van der Waals surface area (Å²) in [7, 11) is 0.